The lowest BCUT2D eigenvalue weighted by Gasteiger charge is -2.33. The molecule has 8 nitrogen and oxygen atoms in total. The smallest absolute Gasteiger partial charge is 0.212 e. The maximum atomic E-state index is 6.32. The zero-order chi connectivity index (χ0) is 21.4. The number of fused-ring (bicyclic) bond motifs is 2. The zero-order valence-electron chi connectivity index (χ0n) is 17.5. The van der Waals surface area contributed by atoms with Gasteiger partial charge in [0.15, 0.2) is 23.3 Å². The van der Waals surface area contributed by atoms with Gasteiger partial charge in [0, 0.05) is 24.0 Å². The lowest BCUT2D eigenvalue weighted by Crippen LogP contribution is -2.31. The molecule has 0 aliphatic carbocycles. The zero-order valence-corrected chi connectivity index (χ0v) is 17.5. The molecule has 0 saturated heterocycles. The first-order chi connectivity index (χ1) is 15.2. The highest BCUT2D eigenvalue weighted by Crippen LogP contribution is 2.46. The van der Waals surface area contributed by atoms with Crippen molar-refractivity contribution in [1.29, 1.82) is 0 Å². The van der Waals surface area contributed by atoms with Gasteiger partial charge in [-0.3, -0.25) is 0 Å². The summed E-state index contributed by atoms with van der Waals surface area (Å²) in [6.07, 6.45) is 4.77. The number of rotatable bonds is 5. The van der Waals surface area contributed by atoms with Gasteiger partial charge in [0.1, 0.15) is 11.6 Å². The van der Waals surface area contributed by atoms with E-state index < -0.39 is 0 Å². The summed E-state index contributed by atoms with van der Waals surface area (Å²) in [5.41, 5.74) is 3.59. The highest BCUT2D eigenvalue weighted by molar-refractivity contribution is 5.70. The van der Waals surface area contributed by atoms with Crippen molar-refractivity contribution >= 4 is 11.2 Å². The third kappa shape index (κ3) is 3.50. The lowest BCUT2D eigenvalue weighted by molar-refractivity contribution is 0.0277. The van der Waals surface area contributed by atoms with Gasteiger partial charge in [-0.2, -0.15) is 0 Å². The first-order valence-corrected chi connectivity index (χ1v) is 9.96. The fourth-order valence-electron chi connectivity index (χ4n) is 3.79. The molecule has 1 aliphatic rings. The van der Waals surface area contributed by atoms with Gasteiger partial charge >= 0.3 is 0 Å². The van der Waals surface area contributed by atoms with E-state index in [0.29, 0.717) is 29.7 Å². The van der Waals surface area contributed by atoms with Crippen LogP contribution in [0.15, 0.2) is 55.1 Å². The number of nitrogens with zero attached hydrogens (tertiary/aromatic N) is 4. The second-order valence-corrected chi connectivity index (χ2v) is 7.34. The van der Waals surface area contributed by atoms with Gasteiger partial charge in [-0.25, -0.2) is 15.0 Å². The first kappa shape index (κ1) is 19.2. The van der Waals surface area contributed by atoms with Gasteiger partial charge in [0.25, 0.3) is 0 Å². The number of methoxy groups -OCH3 is 2. The Morgan fingerprint density at radius 1 is 1.03 bits per heavy atom. The van der Waals surface area contributed by atoms with Crippen molar-refractivity contribution in [3.63, 3.8) is 0 Å². The van der Waals surface area contributed by atoms with Crippen LogP contribution in [0.1, 0.15) is 24.2 Å². The number of aromatic nitrogens is 4. The van der Waals surface area contributed by atoms with E-state index in [4.69, 9.17) is 18.9 Å². The van der Waals surface area contributed by atoms with Gasteiger partial charge < -0.3 is 23.5 Å². The van der Waals surface area contributed by atoms with Crippen molar-refractivity contribution in [1.82, 2.24) is 19.5 Å². The molecule has 0 fully saturated rings. The number of benzene rings is 1. The molecule has 1 unspecified atom stereocenters. The number of imidazole rings is 1. The fraction of sp³-hybridized carbons (Fsp3) is 0.261. The molecule has 0 saturated carbocycles. The van der Waals surface area contributed by atoms with Crippen LogP contribution in [0.25, 0.3) is 11.2 Å². The van der Waals surface area contributed by atoms with Gasteiger partial charge in [-0.05, 0) is 42.8 Å². The van der Waals surface area contributed by atoms with Crippen molar-refractivity contribution in [2.75, 3.05) is 14.2 Å². The average molecular weight is 418 g/mol. The van der Waals surface area contributed by atoms with Gasteiger partial charge in [-0.1, -0.05) is 0 Å². The van der Waals surface area contributed by atoms with Gasteiger partial charge in [0.2, 0.25) is 11.6 Å². The van der Waals surface area contributed by atoms with E-state index in [1.54, 1.807) is 32.9 Å². The minimum atomic E-state index is -0.313. The summed E-state index contributed by atoms with van der Waals surface area (Å²) in [7, 11) is 3.21. The van der Waals surface area contributed by atoms with Crippen LogP contribution in [0.2, 0.25) is 0 Å². The fourth-order valence-corrected chi connectivity index (χ4v) is 3.79. The molecule has 0 N–H and O–H groups in total. The number of hydrogen-bond donors (Lipinski definition) is 0. The minimum absolute atomic E-state index is 0.210. The highest BCUT2D eigenvalue weighted by atomic mass is 16.6. The molecule has 0 spiro atoms. The molecular weight excluding hydrogens is 396 g/mol. The van der Waals surface area contributed by atoms with Crippen LogP contribution in [-0.4, -0.2) is 39.8 Å². The number of ether oxygens (including phenoxy) is 4. The van der Waals surface area contributed by atoms with Crippen LogP contribution in [0.5, 0.6) is 23.1 Å². The van der Waals surface area contributed by atoms with Crippen LogP contribution < -0.4 is 18.9 Å². The van der Waals surface area contributed by atoms with Crippen molar-refractivity contribution in [3.8, 4) is 23.1 Å². The molecule has 1 aromatic carbocycles. The topological polar surface area (TPSA) is 80.5 Å². The van der Waals surface area contributed by atoms with Gasteiger partial charge in [0.05, 0.1) is 27.1 Å². The predicted octanol–water partition coefficient (Wildman–Crippen LogP) is 3.79. The van der Waals surface area contributed by atoms with E-state index in [1.165, 1.54) is 0 Å². The van der Waals surface area contributed by atoms with Crippen molar-refractivity contribution in [2.24, 2.45) is 0 Å². The summed E-state index contributed by atoms with van der Waals surface area (Å²) in [6, 6.07) is 11.5. The first-order valence-electron chi connectivity index (χ1n) is 9.96. The molecule has 5 rings (SSSR count). The summed E-state index contributed by atoms with van der Waals surface area (Å²) in [4.78, 5) is 13.1. The Hall–Kier alpha value is -3.81. The third-order valence-electron chi connectivity index (χ3n) is 5.31. The maximum absolute atomic E-state index is 6.32. The number of pyridine rings is 2. The summed E-state index contributed by atoms with van der Waals surface area (Å²) in [5, 5.41) is 0. The molecule has 0 bridgehead atoms. The Bertz CT molecular complexity index is 1220. The van der Waals surface area contributed by atoms with Gasteiger partial charge in [-0.15, -0.1) is 0 Å². The quantitative estimate of drug-likeness (QED) is 0.488. The third-order valence-corrected chi connectivity index (χ3v) is 5.31. The molecule has 3 aromatic heterocycles. The van der Waals surface area contributed by atoms with E-state index >= 15 is 0 Å². The van der Waals surface area contributed by atoms with Crippen LogP contribution in [0.4, 0.5) is 0 Å². The molecule has 4 aromatic rings. The van der Waals surface area contributed by atoms with E-state index in [9.17, 15) is 0 Å². The molecule has 8 heteroatoms. The summed E-state index contributed by atoms with van der Waals surface area (Å²) >= 11 is 0. The molecule has 0 amide bonds. The predicted molar refractivity (Wildman–Crippen MR) is 114 cm³/mol. The molecular formula is C23H22N4O4. The molecule has 4 heterocycles. The molecule has 158 valence electrons. The SMILES string of the molecule is COc1ccc([C@@H]2Oc3c(OC)cc(Cn4cnc5cccnc54)cc3OC2C)cn1. The minimum Gasteiger partial charge on any atom is -0.493 e. The average Bonchev–Trinajstić information content (AvgIpc) is 3.21. The second kappa shape index (κ2) is 7.79. The maximum Gasteiger partial charge on any atom is 0.212 e. The van der Waals surface area contributed by atoms with E-state index in [0.717, 1.165) is 22.3 Å². The Morgan fingerprint density at radius 2 is 1.94 bits per heavy atom. The Morgan fingerprint density at radius 3 is 2.71 bits per heavy atom. The van der Waals surface area contributed by atoms with E-state index in [2.05, 4.69) is 15.0 Å². The van der Waals surface area contributed by atoms with Crippen LogP contribution in [0, 0.1) is 0 Å². The van der Waals surface area contributed by atoms with Crippen molar-refractivity contribution in [2.45, 2.75) is 25.7 Å². The lowest BCUT2D eigenvalue weighted by atomic mass is 10.0. The Balaban J connectivity index is 1.46. The Labute approximate surface area is 179 Å². The molecule has 1 aliphatic heterocycles. The van der Waals surface area contributed by atoms with Crippen molar-refractivity contribution < 1.29 is 18.9 Å². The van der Waals surface area contributed by atoms with E-state index in [-0.39, 0.29) is 12.2 Å². The Kier molecular flexibility index (Phi) is 4.82. The normalized spacial score (nSPS) is 17.5. The second-order valence-electron chi connectivity index (χ2n) is 7.34. The van der Waals surface area contributed by atoms with E-state index in [1.807, 2.05) is 47.9 Å². The monoisotopic (exact) mass is 418 g/mol. The van der Waals surface area contributed by atoms with Crippen LogP contribution >= 0.6 is 0 Å². The summed E-state index contributed by atoms with van der Waals surface area (Å²) < 4.78 is 25.3. The largest absolute Gasteiger partial charge is 0.493 e. The van der Waals surface area contributed by atoms with Crippen molar-refractivity contribution in [3.05, 3.63) is 66.2 Å². The van der Waals surface area contributed by atoms with Crippen LogP contribution in [-0.2, 0) is 6.54 Å². The van der Waals surface area contributed by atoms with Crippen LogP contribution in [0.3, 0.4) is 0 Å². The summed E-state index contributed by atoms with van der Waals surface area (Å²) in [6.45, 7) is 2.56. The summed E-state index contributed by atoms with van der Waals surface area (Å²) in [5.74, 6) is 2.40. The standard InChI is InChI=1S/C23H22N4O4/c1-14-21(16-6-7-20(29-3)25-11-16)31-22-18(28-2)9-15(10-19(22)30-14)12-27-13-26-17-5-4-8-24-23(17)27/h4-11,13-14,21H,12H2,1-3H3/t14?,21-/m1/s1. The molecule has 31 heavy (non-hydrogen) atoms. The highest BCUT2D eigenvalue weighted by Gasteiger charge is 2.32. The molecule has 0 radical (unpaired) electrons. The molecule has 2 atom stereocenters. The number of hydrogen-bond acceptors (Lipinski definition) is 7.